The van der Waals surface area contributed by atoms with Gasteiger partial charge in [-0.25, -0.2) is 15.1 Å². The molecule has 0 saturated carbocycles. The SMILES string of the molecule is Cl.O=C1NC(N[C@H]2CN3CCC2CC3)(OC(=O)C(F)(F)F)NC1=Cc1c[nH]c2ncccc12. The van der Waals surface area contributed by atoms with Gasteiger partial charge in [-0.05, 0) is 50.1 Å². The van der Waals surface area contributed by atoms with Crippen LogP contribution in [0.15, 0.2) is 30.2 Å². The largest absolute Gasteiger partial charge is 0.491 e. The number of hydrogen-bond acceptors (Lipinski definition) is 7. The van der Waals surface area contributed by atoms with E-state index in [9.17, 15) is 22.8 Å². The third-order valence-electron chi connectivity index (χ3n) is 6.15. The van der Waals surface area contributed by atoms with Crippen molar-refractivity contribution in [1.82, 2.24) is 30.8 Å². The summed E-state index contributed by atoms with van der Waals surface area (Å²) < 4.78 is 43.8. The molecule has 4 saturated heterocycles. The van der Waals surface area contributed by atoms with E-state index in [0.29, 0.717) is 17.8 Å². The molecular weight excluding hydrogens is 465 g/mol. The van der Waals surface area contributed by atoms with Crippen LogP contribution in [0.25, 0.3) is 17.1 Å². The molecule has 178 valence electrons. The number of nitrogens with zero attached hydrogens (tertiary/aromatic N) is 2. The van der Waals surface area contributed by atoms with Crippen molar-refractivity contribution in [2.45, 2.75) is 31.0 Å². The predicted molar refractivity (Wildman–Crippen MR) is 114 cm³/mol. The van der Waals surface area contributed by atoms with E-state index in [1.54, 1.807) is 24.5 Å². The molecule has 9 nitrogen and oxygen atoms in total. The van der Waals surface area contributed by atoms with Crippen molar-refractivity contribution in [2.24, 2.45) is 5.92 Å². The Labute approximate surface area is 192 Å². The van der Waals surface area contributed by atoms with Gasteiger partial charge in [0.1, 0.15) is 11.3 Å². The van der Waals surface area contributed by atoms with Crippen molar-refractivity contribution < 1.29 is 27.5 Å². The van der Waals surface area contributed by atoms with Gasteiger partial charge in [0.05, 0.1) is 0 Å². The summed E-state index contributed by atoms with van der Waals surface area (Å²) in [7, 11) is 0. The third-order valence-corrected chi connectivity index (χ3v) is 6.15. The normalized spacial score (nSPS) is 30.1. The number of aromatic amines is 1. The summed E-state index contributed by atoms with van der Waals surface area (Å²) in [5.74, 6) is -5.11. The fraction of sp³-hybridized carbons (Fsp3) is 0.450. The number of aromatic nitrogens is 2. The van der Waals surface area contributed by atoms with Crippen LogP contribution in [-0.2, 0) is 14.3 Å². The van der Waals surface area contributed by atoms with Crippen molar-refractivity contribution in [3.8, 4) is 0 Å². The molecule has 0 radical (unpaired) electrons. The Morgan fingerprint density at radius 3 is 2.73 bits per heavy atom. The van der Waals surface area contributed by atoms with E-state index >= 15 is 0 Å². The van der Waals surface area contributed by atoms with E-state index in [2.05, 4.69) is 30.8 Å². The van der Waals surface area contributed by atoms with Crippen LogP contribution in [0.1, 0.15) is 18.4 Å². The third kappa shape index (κ3) is 4.50. The number of esters is 1. The van der Waals surface area contributed by atoms with Crippen molar-refractivity contribution in [2.75, 3.05) is 19.6 Å². The zero-order valence-corrected chi connectivity index (χ0v) is 18.1. The molecule has 0 spiro atoms. The molecule has 0 aliphatic carbocycles. The highest BCUT2D eigenvalue weighted by Gasteiger charge is 2.53. The maximum absolute atomic E-state index is 13.0. The fourth-order valence-corrected chi connectivity index (χ4v) is 4.60. The van der Waals surface area contributed by atoms with E-state index in [0.717, 1.165) is 31.3 Å². The van der Waals surface area contributed by atoms with Gasteiger partial charge < -0.3 is 19.9 Å². The van der Waals surface area contributed by atoms with Gasteiger partial charge in [0, 0.05) is 35.9 Å². The monoisotopic (exact) mass is 486 g/mol. The minimum Gasteiger partial charge on any atom is -0.399 e. The van der Waals surface area contributed by atoms with Crippen LogP contribution < -0.4 is 16.0 Å². The van der Waals surface area contributed by atoms with E-state index in [4.69, 9.17) is 4.74 Å². The highest BCUT2D eigenvalue weighted by molar-refractivity contribution is 6.02. The van der Waals surface area contributed by atoms with Crippen LogP contribution in [0.3, 0.4) is 0 Å². The Hall–Kier alpha value is -2.83. The van der Waals surface area contributed by atoms with Crippen LogP contribution in [0.2, 0.25) is 0 Å². The van der Waals surface area contributed by atoms with Crippen molar-refractivity contribution in [1.29, 1.82) is 0 Å². The Balaban J connectivity index is 0.00000259. The lowest BCUT2D eigenvalue weighted by Gasteiger charge is -2.47. The summed E-state index contributed by atoms with van der Waals surface area (Å²) in [5.41, 5.74) is 1.16. The lowest BCUT2D eigenvalue weighted by molar-refractivity contribution is -0.223. The average Bonchev–Trinajstić information content (AvgIpc) is 3.29. The highest BCUT2D eigenvalue weighted by Crippen LogP contribution is 2.30. The van der Waals surface area contributed by atoms with Gasteiger partial charge in [-0.1, -0.05) is 0 Å². The number of H-pyrrole nitrogens is 1. The summed E-state index contributed by atoms with van der Waals surface area (Å²) in [4.78, 5) is 33.7. The van der Waals surface area contributed by atoms with Gasteiger partial charge in [0.15, 0.2) is 0 Å². The number of fused-ring (bicyclic) bond motifs is 4. The van der Waals surface area contributed by atoms with Gasteiger partial charge in [-0.2, -0.15) is 13.2 Å². The van der Waals surface area contributed by atoms with E-state index in [1.165, 1.54) is 6.08 Å². The summed E-state index contributed by atoms with van der Waals surface area (Å²) in [6, 6.07) is 3.26. The number of alkyl halides is 3. The molecule has 0 aromatic carbocycles. The van der Waals surface area contributed by atoms with E-state index < -0.39 is 24.0 Å². The highest BCUT2D eigenvalue weighted by atomic mass is 35.5. The number of amides is 1. The summed E-state index contributed by atoms with van der Waals surface area (Å²) in [6.45, 7) is 2.41. The van der Waals surface area contributed by atoms with E-state index in [1.807, 2.05) is 0 Å². The van der Waals surface area contributed by atoms with Gasteiger partial charge in [0.25, 0.3) is 5.91 Å². The zero-order chi connectivity index (χ0) is 22.5. The van der Waals surface area contributed by atoms with Crippen molar-refractivity contribution in [3.05, 3.63) is 35.8 Å². The molecule has 2 aromatic rings. The minimum atomic E-state index is -5.22. The maximum atomic E-state index is 13.0. The van der Waals surface area contributed by atoms with Crippen LogP contribution in [0.4, 0.5) is 13.2 Å². The van der Waals surface area contributed by atoms with Crippen LogP contribution >= 0.6 is 12.4 Å². The molecular formula is C20H22ClF3N6O3. The number of ether oxygens (including phenoxy) is 1. The van der Waals surface area contributed by atoms with Gasteiger partial charge in [0.2, 0.25) is 0 Å². The molecule has 1 unspecified atom stereocenters. The number of piperidine rings is 3. The molecule has 4 aliphatic heterocycles. The number of rotatable bonds is 4. The molecule has 4 aliphatic rings. The molecule has 2 bridgehead atoms. The smallest absolute Gasteiger partial charge is 0.399 e. The first kappa shape index (κ1) is 23.3. The fourth-order valence-electron chi connectivity index (χ4n) is 4.60. The standard InChI is InChI=1S/C20H21F3N6O3.ClH/c21-19(22,23)18(31)32-20(27-15-10-29-6-3-11(15)4-7-29)26-14(17(30)28-20)8-12-9-25-16-13(12)2-1-5-24-16;/h1-2,5,8-9,11,15,26-27H,3-4,6-7,10H2,(H,24,25)(H,28,30);1H/t15-,20?;/m0./s1. The second kappa shape index (κ2) is 8.50. The second-order valence-electron chi connectivity index (χ2n) is 8.24. The molecule has 2 aromatic heterocycles. The summed E-state index contributed by atoms with van der Waals surface area (Å²) in [5, 5.41) is 8.71. The first-order valence-corrected chi connectivity index (χ1v) is 10.3. The van der Waals surface area contributed by atoms with Gasteiger partial charge in [-0.15, -0.1) is 12.4 Å². The Kier molecular flexibility index (Phi) is 6.01. The number of nitrogens with one attached hydrogen (secondary N) is 4. The minimum absolute atomic E-state index is 0. The number of hydrogen-bond donors (Lipinski definition) is 4. The molecule has 6 heterocycles. The Morgan fingerprint density at radius 2 is 2.06 bits per heavy atom. The molecule has 13 heteroatoms. The topological polar surface area (TPSA) is 111 Å². The first-order chi connectivity index (χ1) is 15.2. The average molecular weight is 487 g/mol. The molecule has 4 fully saturated rings. The van der Waals surface area contributed by atoms with Crippen LogP contribution in [-0.4, -0.2) is 64.6 Å². The maximum Gasteiger partial charge on any atom is 0.491 e. The Bertz CT molecular complexity index is 1100. The number of pyridine rings is 1. The number of carbonyl (C=O) groups is 2. The van der Waals surface area contributed by atoms with Crippen molar-refractivity contribution >= 4 is 41.4 Å². The second-order valence-corrected chi connectivity index (χ2v) is 8.24. The quantitative estimate of drug-likeness (QED) is 0.294. The Morgan fingerprint density at radius 1 is 1.30 bits per heavy atom. The molecule has 33 heavy (non-hydrogen) atoms. The molecule has 2 atom stereocenters. The summed E-state index contributed by atoms with van der Waals surface area (Å²) in [6.07, 6.45) is 1.24. The van der Waals surface area contributed by atoms with Crippen molar-refractivity contribution in [3.63, 3.8) is 0 Å². The first-order valence-electron chi connectivity index (χ1n) is 10.3. The van der Waals surface area contributed by atoms with Crippen LogP contribution in [0, 0.1) is 5.92 Å². The van der Waals surface area contributed by atoms with Gasteiger partial charge >= 0.3 is 18.1 Å². The lowest BCUT2D eigenvalue weighted by Crippen LogP contribution is -2.71. The molecule has 6 rings (SSSR count). The summed E-state index contributed by atoms with van der Waals surface area (Å²) >= 11 is 0. The lowest BCUT2D eigenvalue weighted by atomic mass is 9.84. The molecule has 1 amide bonds. The van der Waals surface area contributed by atoms with Gasteiger partial charge in [-0.3, -0.25) is 10.1 Å². The zero-order valence-electron chi connectivity index (χ0n) is 17.2. The predicted octanol–water partition coefficient (Wildman–Crippen LogP) is 1.45. The van der Waals surface area contributed by atoms with Crippen LogP contribution in [0.5, 0.6) is 0 Å². The number of carbonyl (C=O) groups excluding carboxylic acids is 2. The molecule has 4 N–H and O–H groups in total. The van der Waals surface area contributed by atoms with E-state index in [-0.39, 0.29) is 30.1 Å². The number of halogens is 4.